The van der Waals surface area contributed by atoms with Crippen molar-refractivity contribution in [2.75, 3.05) is 13.7 Å². The smallest absolute Gasteiger partial charge is 0.330 e. The average Bonchev–Trinajstić information content (AvgIpc) is 3.16. The molecule has 1 saturated heterocycles. The number of hydrogen-bond donors (Lipinski definition) is 3. The summed E-state index contributed by atoms with van der Waals surface area (Å²) in [6.07, 6.45) is -0.162. The first-order valence-electron chi connectivity index (χ1n) is 8.41. The molecule has 1 unspecified atom stereocenters. The molecule has 0 radical (unpaired) electrons. The fraction of sp³-hybridized carbons (Fsp3) is 0.750. The molecule has 1 aliphatic heterocycles. The van der Waals surface area contributed by atoms with E-state index >= 15 is 0 Å². The lowest BCUT2D eigenvalue weighted by atomic mass is 10.1. The maximum absolute atomic E-state index is 12.2. The third kappa shape index (κ3) is 3.42. The molecule has 1 aromatic rings. The summed E-state index contributed by atoms with van der Waals surface area (Å²) in [6.45, 7) is 1.16. The molecule has 2 aliphatic rings. The second-order valence-corrected chi connectivity index (χ2v) is 6.56. The van der Waals surface area contributed by atoms with Crippen LogP contribution in [0.1, 0.15) is 31.1 Å². The molecule has 3 rings (SSSR count). The Balaban J connectivity index is 1.91. The van der Waals surface area contributed by atoms with Crippen molar-refractivity contribution in [2.45, 2.75) is 62.9 Å². The van der Waals surface area contributed by atoms with Gasteiger partial charge in [0.15, 0.2) is 6.23 Å². The number of nitrogens with zero attached hydrogens (tertiary/aromatic N) is 1. The summed E-state index contributed by atoms with van der Waals surface area (Å²) in [5, 5.41) is 19.9. The first-order valence-corrected chi connectivity index (χ1v) is 8.41. The normalized spacial score (nSPS) is 35.4. The molecule has 9 heteroatoms. The molecule has 9 nitrogen and oxygen atoms in total. The van der Waals surface area contributed by atoms with Crippen LogP contribution >= 0.6 is 0 Å². The number of H-pyrrole nitrogens is 1. The van der Waals surface area contributed by atoms with Crippen LogP contribution in [0.3, 0.4) is 0 Å². The summed E-state index contributed by atoms with van der Waals surface area (Å²) in [4.78, 5) is 26.0. The second kappa shape index (κ2) is 7.38. The Morgan fingerprint density at radius 3 is 2.76 bits per heavy atom. The van der Waals surface area contributed by atoms with Gasteiger partial charge in [-0.25, -0.2) is 4.79 Å². The van der Waals surface area contributed by atoms with Crippen LogP contribution < -0.4 is 11.2 Å². The molecule has 6 atom stereocenters. The molecular weight excluding hydrogens is 332 g/mol. The number of ether oxygens (including phenoxy) is 3. The summed E-state index contributed by atoms with van der Waals surface area (Å²) >= 11 is 0. The maximum atomic E-state index is 12.2. The van der Waals surface area contributed by atoms with E-state index in [2.05, 4.69) is 4.98 Å². The topological polar surface area (TPSA) is 123 Å². The first-order chi connectivity index (χ1) is 12.0. The molecule has 3 N–H and O–H groups in total. The van der Waals surface area contributed by atoms with Gasteiger partial charge >= 0.3 is 5.69 Å². The highest BCUT2D eigenvalue weighted by Gasteiger charge is 2.48. The molecule has 1 aliphatic carbocycles. The van der Waals surface area contributed by atoms with Crippen LogP contribution in [-0.2, 0) is 14.2 Å². The van der Waals surface area contributed by atoms with Gasteiger partial charge in [0.2, 0.25) is 0 Å². The number of nitrogens with one attached hydrogen (secondary N) is 1. The van der Waals surface area contributed by atoms with E-state index in [1.807, 2.05) is 0 Å². The fourth-order valence-corrected chi connectivity index (χ4v) is 3.53. The minimum atomic E-state index is -1.10. The molecule has 25 heavy (non-hydrogen) atoms. The molecule has 140 valence electrons. The number of aliphatic hydroxyl groups is 2. The van der Waals surface area contributed by atoms with E-state index in [9.17, 15) is 19.8 Å². The summed E-state index contributed by atoms with van der Waals surface area (Å²) in [5.41, 5.74) is -0.805. The van der Waals surface area contributed by atoms with E-state index in [-0.39, 0.29) is 12.2 Å². The number of aromatic nitrogens is 2. The fourth-order valence-electron chi connectivity index (χ4n) is 3.53. The first kappa shape index (κ1) is 18.3. The molecule has 2 fully saturated rings. The Morgan fingerprint density at radius 2 is 2.08 bits per heavy atom. The Kier molecular flexibility index (Phi) is 5.40. The highest BCUT2D eigenvalue weighted by molar-refractivity contribution is 5.03. The van der Waals surface area contributed by atoms with E-state index in [1.54, 1.807) is 14.0 Å². The second-order valence-electron chi connectivity index (χ2n) is 6.56. The molecule has 0 aromatic carbocycles. The molecule has 2 heterocycles. The number of hydrogen-bond acceptors (Lipinski definition) is 7. The van der Waals surface area contributed by atoms with Crippen molar-refractivity contribution in [3.63, 3.8) is 0 Å². The van der Waals surface area contributed by atoms with E-state index in [0.717, 1.165) is 19.3 Å². The quantitative estimate of drug-likeness (QED) is 0.621. The Labute approximate surface area is 144 Å². The van der Waals surface area contributed by atoms with Crippen molar-refractivity contribution in [3.05, 3.63) is 32.6 Å². The lowest BCUT2D eigenvalue weighted by Gasteiger charge is -2.28. The van der Waals surface area contributed by atoms with Gasteiger partial charge < -0.3 is 24.4 Å². The lowest BCUT2D eigenvalue weighted by Crippen LogP contribution is -2.43. The van der Waals surface area contributed by atoms with Crippen LogP contribution in [0.2, 0.25) is 0 Å². The highest BCUT2D eigenvalue weighted by Crippen LogP contribution is 2.35. The van der Waals surface area contributed by atoms with E-state index in [0.29, 0.717) is 5.56 Å². The van der Waals surface area contributed by atoms with Gasteiger partial charge in [-0.1, -0.05) is 0 Å². The van der Waals surface area contributed by atoms with Gasteiger partial charge in [-0.3, -0.25) is 14.3 Å². The standard InChI is InChI=1S/C16H24N2O7/c1-8-6-18(16(22)17-14(8)21)15-13(12(20)11(7-19)25-15)24-10-5-3-4-9(10)23-2/h6,9-13,15,19-20H,3-5,7H2,1-2H3,(H,17,21,22)/t9-,10-,11-,12?,13+,15-/m1/s1. The zero-order chi connectivity index (χ0) is 18.1. The van der Waals surface area contributed by atoms with Crippen LogP contribution in [0, 0.1) is 6.92 Å². The SMILES string of the molecule is CO[C@@H]1CCC[C@H]1O[C@H]1C(O)[C@@H](CO)O[C@H]1n1cc(C)c(=O)[nH]c1=O. The summed E-state index contributed by atoms with van der Waals surface area (Å²) < 4.78 is 18.3. The Bertz CT molecular complexity index is 715. The Morgan fingerprint density at radius 1 is 1.36 bits per heavy atom. The van der Waals surface area contributed by atoms with Crippen LogP contribution in [-0.4, -0.2) is 64.0 Å². The minimum absolute atomic E-state index is 0.0879. The Hall–Kier alpha value is -1.52. The van der Waals surface area contributed by atoms with Crippen molar-refractivity contribution in [1.29, 1.82) is 0 Å². The van der Waals surface area contributed by atoms with Gasteiger partial charge in [0.25, 0.3) is 5.56 Å². The molecule has 0 spiro atoms. The highest BCUT2D eigenvalue weighted by atomic mass is 16.6. The summed E-state index contributed by atoms with van der Waals surface area (Å²) in [5.74, 6) is 0. The zero-order valence-electron chi connectivity index (χ0n) is 14.3. The van der Waals surface area contributed by atoms with Gasteiger partial charge in [-0.15, -0.1) is 0 Å². The van der Waals surface area contributed by atoms with Crippen molar-refractivity contribution in [3.8, 4) is 0 Å². The van der Waals surface area contributed by atoms with Crippen LogP contribution in [0.5, 0.6) is 0 Å². The van der Waals surface area contributed by atoms with Gasteiger partial charge in [0.1, 0.15) is 18.3 Å². The summed E-state index contributed by atoms with van der Waals surface area (Å²) in [6, 6.07) is 0. The minimum Gasteiger partial charge on any atom is -0.394 e. The molecule has 1 saturated carbocycles. The predicted molar refractivity (Wildman–Crippen MR) is 86.4 cm³/mol. The summed E-state index contributed by atoms with van der Waals surface area (Å²) in [7, 11) is 1.61. The van der Waals surface area contributed by atoms with Gasteiger partial charge in [0, 0.05) is 18.9 Å². The number of aromatic amines is 1. The third-order valence-corrected chi connectivity index (χ3v) is 4.94. The zero-order valence-corrected chi connectivity index (χ0v) is 14.3. The number of rotatable bonds is 5. The molecule has 0 amide bonds. The largest absolute Gasteiger partial charge is 0.394 e. The van der Waals surface area contributed by atoms with Crippen LogP contribution in [0.4, 0.5) is 0 Å². The maximum Gasteiger partial charge on any atom is 0.330 e. The molecule has 1 aromatic heterocycles. The van der Waals surface area contributed by atoms with Crippen molar-refractivity contribution in [1.82, 2.24) is 9.55 Å². The lowest BCUT2D eigenvalue weighted by molar-refractivity contribution is -0.130. The van der Waals surface area contributed by atoms with Crippen LogP contribution in [0.25, 0.3) is 0 Å². The van der Waals surface area contributed by atoms with Gasteiger partial charge in [0.05, 0.1) is 18.8 Å². The number of methoxy groups -OCH3 is 1. The number of aliphatic hydroxyl groups excluding tert-OH is 2. The molecular formula is C16H24N2O7. The van der Waals surface area contributed by atoms with Gasteiger partial charge in [-0.05, 0) is 26.2 Å². The van der Waals surface area contributed by atoms with Crippen LogP contribution in [0.15, 0.2) is 15.8 Å². The van der Waals surface area contributed by atoms with E-state index in [1.165, 1.54) is 10.8 Å². The van der Waals surface area contributed by atoms with E-state index in [4.69, 9.17) is 14.2 Å². The van der Waals surface area contributed by atoms with Gasteiger partial charge in [-0.2, -0.15) is 0 Å². The predicted octanol–water partition coefficient (Wildman–Crippen LogP) is -0.952. The number of aryl methyl sites for hydroxylation is 1. The van der Waals surface area contributed by atoms with Crippen molar-refractivity contribution >= 4 is 0 Å². The monoisotopic (exact) mass is 356 g/mol. The van der Waals surface area contributed by atoms with Crippen molar-refractivity contribution in [2.24, 2.45) is 0 Å². The molecule has 0 bridgehead atoms. The third-order valence-electron chi connectivity index (χ3n) is 4.94. The van der Waals surface area contributed by atoms with E-state index < -0.39 is 42.4 Å². The average molecular weight is 356 g/mol. The van der Waals surface area contributed by atoms with Crippen molar-refractivity contribution < 1.29 is 24.4 Å².